The minimum absolute atomic E-state index is 0.692. The second kappa shape index (κ2) is 4.45. The van der Waals surface area contributed by atoms with Crippen LogP contribution in [0.1, 0.15) is 11.1 Å². The Morgan fingerprint density at radius 3 is 2.24 bits per heavy atom. The number of benzene rings is 1. The molecule has 1 aliphatic rings. The maximum Gasteiger partial charge on any atom is 0.0598 e. The maximum absolute atomic E-state index is 6.02. The zero-order valence-electron chi connectivity index (χ0n) is 11.0. The molecule has 0 radical (unpaired) electrons. The zero-order chi connectivity index (χ0) is 12.6. The summed E-state index contributed by atoms with van der Waals surface area (Å²) < 4.78 is 0. The van der Waals surface area contributed by atoms with Crippen molar-refractivity contribution < 1.29 is 0 Å². The van der Waals surface area contributed by atoms with Crippen LogP contribution in [0.15, 0.2) is 6.07 Å². The number of rotatable bonds is 1. The summed E-state index contributed by atoms with van der Waals surface area (Å²) in [5.74, 6) is 0. The number of nitrogens with two attached hydrogens (primary N) is 2. The Balaban J connectivity index is 2.35. The van der Waals surface area contributed by atoms with Gasteiger partial charge >= 0.3 is 0 Å². The second-order valence-corrected chi connectivity index (χ2v) is 4.96. The molecule has 4 N–H and O–H groups in total. The van der Waals surface area contributed by atoms with Crippen molar-refractivity contribution in [2.75, 3.05) is 49.6 Å². The van der Waals surface area contributed by atoms with Gasteiger partial charge in [-0.2, -0.15) is 0 Å². The maximum atomic E-state index is 6.02. The van der Waals surface area contributed by atoms with Crippen molar-refractivity contribution in [3.8, 4) is 0 Å². The molecule has 1 aromatic carbocycles. The number of hydrogen-bond acceptors (Lipinski definition) is 4. The summed E-state index contributed by atoms with van der Waals surface area (Å²) in [4.78, 5) is 4.77. The van der Waals surface area contributed by atoms with Crippen molar-refractivity contribution in [3.05, 3.63) is 17.2 Å². The second-order valence-electron chi connectivity index (χ2n) is 4.96. The highest BCUT2D eigenvalue weighted by Crippen LogP contribution is 2.33. The fourth-order valence-electron chi connectivity index (χ4n) is 2.54. The molecule has 1 heterocycles. The largest absolute Gasteiger partial charge is 0.397 e. The third kappa shape index (κ3) is 2.17. The minimum Gasteiger partial charge on any atom is -0.397 e. The van der Waals surface area contributed by atoms with Gasteiger partial charge in [-0.3, -0.25) is 0 Å². The molecule has 4 heteroatoms. The number of aryl methyl sites for hydroxylation is 1. The molecule has 94 valence electrons. The van der Waals surface area contributed by atoms with Crippen LogP contribution in [0.25, 0.3) is 0 Å². The van der Waals surface area contributed by atoms with E-state index in [1.165, 1.54) is 11.3 Å². The van der Waals surface area contributed by atoms with Crippen LogP contribution >= 0.6 is 0 Å². The van der Waals surface area contributed by atoms with Crippen LogP contribution in [0.4, 0.5) is 17.1 Å². The fourth-order valence-corrected chi connectivity index (χ4v) is 2.54. The van der Waals surface area contributed by atoms with Gasteiger partial charge in [0.05, 0.1) is 11.4 Å². The van der Waals surface area contributed by atoms with Gasteiger partial charge in [0.25, 0.3) is 0 Å². The zero-order valence-corrected chi connectivity index (χ0v) is 11.0. The van der Waals surface area contributed by atoms with Crippen molar-refractivity contribution in [2.24, 2.45) is 0 Å². The molecule has 0 aromatic heterocycles. The quantitative estimate of drug-likeness (QED) is 0.717. The third-order valence-corrected chi connectivity index (χ3v) is 3.64. The lowest BCUT2D eigenvalue weighted by molar-refractivity contribution is 0.312. The van der Waals surface area contributed by atoms with Crippen LogP contribution < -0.4 is 16.4 Å². The van der Waals surface area contributed by atoms with Crippen molar-refractivity contribution >= 4 is 17.1 Å². The van der Waals surface area contributed by atoms with Gasteiger partial charge in [0.15, 0.2) is 0 Å². The summed E-state index contributed by atoms with van der Waals surface area (Å²) in [5.41, 5.74) is 16.9. The fraction of sp³-hybridized carbons (Fsp3) is 0.538. The Hall–Kier alpha value is -1.42. The van der Waals surface area contributed by atoms with Gasteiger partial charge in [0, 0.05) is 31.9 Å². The summed E-state index contributed by atoms with van der Waals surface area (Å²) in [5, 5.41) is 0. The van der Waals surface area contributed by atoms with Crippen LogP contribution in [-0.2, 0) is 0 Å². The average molecular weight is 234 g/mol. The first kappa shape index (κ1) is 12.0. The van der Waals surface area contributed by atoms with E-state index in [2.05, 4.69) is 30.7 Å². The lowest BCUT2D eigenvalue weighted by Gasteiger charge is -2.36. The van der Waals surface area contributed by atoms with Crippen molar-refractivity contribution in [2.45, 2.75) is 13.8 Å². The Labute approximate surface area is 103 Å². The molecule has 0 amide bonds. The summed E-state index contributed by atoms with van der Waals surface area (Å²) in [6, 6.07) is 1.98. The monoisotopic (exact) mass is 234 g/mol. The van der Waals surface area contributed by atoms with E-state index in [9.17, 15) is 0 Å². The van der Waals surface area contributed by atoms with Gasteiger partial charge < -0.3 is 21.3 Å². The predicted molar refractivity (Wildman–Crippen MR) is 74.5 cm³/mol. The molecule has 0 spiro atoms. The molecule has 1 saturated heterocycles. The number of piperazine rings is 1. The highest BCUT2D eigenvalue weighted by atomic mass is 15.2. The predicted octanol–water partition coefficient (Wildman–Crippen LogP) is 1.22. The molecule has 1 fully saturated rings. The van der Waals surface area contributed by atoms with Crippen LogP contribution in [-0.4, -0.2) is 38.1 Å². The normalized spacial score (nSPS) is 17.5. The van der Waals surface area contributed by atoms with Gasteiger partial charge in [0.2, 0.25) is 0 Å². The molecular weight excluding hydrogens is 212 g/mol. The van der Waals surface area contributed by atoms with Crippen LogP contribution in [0.2, 0.25) is 0 Å². The van der Waals surface area contributed by atoms with Gasteiger partial charge in [-0.25, -0.2) is 0 Å². The number of hydrogen-bond donors (Lipinski definition) is 2. The SMILES string of the molecule is Cc1cc(N)c(N)c(C)c1N1CCN(C)CC1. The van der Waals surface area contributed by atoms with E-state index in [1.54, 1.807) is 0 Å². The van der Waals surface area contributed by atoms with E-state index in [4.69, 9.17) is 11.5 Å². The van der Waals surface area contributed by atoms with E-state index < -0.39 is 0 Å². The van der Waals surface area contributed by atoms with Crippen molar-refractivity contribution in [3.63, 3.8) is 0 Å². The summed E-state index contributed by atoms with van der Waals surface area (Å²) in [7, 11) is 2.16. The van der Waals surface area contributed by atoms with Crippen molar-refractivity contribution in [1.29, 1.82) is 0 Å². The topological polar surface area (TPSA) is 58.5 Å². The van der Waals surface area contributed by atoms with Gasteiger partial charge in [0.1, 0.15) is 0 Å². The Bertz CT molecular complexity index is 420. The molecule has 1 aromatic rings. The Morgan fingerprint density at radius 1 is 1.06 bits per heavy atom. The molecular formula is C13H22N4. The average Bonchev–Trinajstić information content (AvgIpc) is 2.29. The van der Waals surface area contributed by atoms with E-state index in [0.29, 0.717) is 5.69 Å². The molecule has 0 saturated carbocycles. The van der Waals surface area contributed by atoms with E-state index >= 15 is 0 Å². The van der Waals surface area contributed by atoms with Crippen LogP contribution in [0.3, 0.4) is 0 Å². The smallest absolute Gasteiger partial charge is 0.0598 e. The van der Waals surface area contributed by atoms with Gasteiger partial charge in [-0.15, -0.1) is 0 Å². The van der Waals surface area contributed by atoms with Crippen LogP contribution in [0.5, 0.6) is 0 Å². The van der Waals surface area contributed by atoms with E-state index in [0.717, 1.165) is 37.4 Å². The number of likely N-dealkylation sites (N-methyl/N-ethyl adjacent to an activating group) is 1. The van der Waals surface area contributed by atoms with Crippen LogP contribution in [0, 0.1) is 13.8 Å². The molecule has 0 aliphatic carbocycles. The molecule has 0 unspecified atom stereocenters. The number of anilines is 3. The highest BCUT2D eigenvalue weighted by Gasteiger charge is 2.19. The molecule has 1 aliphatic heterocycles. The third-order valence-electron chi connectivity index (χ3n) is 3.64. The summed E-state index contributed by atoms with van der Waals surface area (Å²) >= 11 is 0. The summed E-state index contributed by atoms with van der Waals surface area (Å²) in [6.45, 7) is 8.48. The standard InChI is InChI=1S/C13H22N4/c1-9-8-11(14)12(15)10(2)13(9)17-6-4-16(3)5-7-17/h8H,4-7,14-15H2,1-3H3. The van der Waals surface area contributed by atoms with Gasteiger partial charge in [-0.05, 0) is 38.1 Å². The highest BCUT2D eigenvalue weighted by molar-refractivity contribution is 5.78. The molecule has 4 nitrogen and oxygen atoms in total. The first-order valence-corrected chi connectivity index (χ1v) is 6.09. The summed E-state index contributed by atoms with van der Waals surface area (Å²) in [6.07, 6.45) is 0. The number of nitrogens with zero attached hydrogens (tertiary/aromatic N) is 2. The minimum atomic E-state index is 0.692. The molecule has 17 heavy (non-hydrogen) atoms. The Kier molecular flexibility index (Phi) is 3.15. The lowest BCUT2D eigenvalue weighted by atomic mass is 10.0. The Morgan fingerprint density at radius 2 is 1.65 bits per heavy atom. The first-order valence-electron chi connectivity index (χ1n) is 6.09. The first-order chi connectivity index (χ1) is 8.00. The molecule has 0 bridgehead atoms. The van der Waals surface area contributed by atoms with Crippen molar-refractivity contribution in [1.82, 2.24) is 4.90 Å². The molecule has 2 rings (SSSR count). The van der Waals surface area contributed by atoms with E-state index in [-0.39, 0.29) is 0 Å². The number of nitrogen functional groups attached to an aromatic ring is 2. The molecule has 0 atom stereocenters. The lowest BCUT2D eigenvalue weighted by Crippen LogP contribution is -2.45. The van der Waals surface area contributed by atoms with E-state index in [1.807, 2.05) is 6.07 Å². The van der Waals surface area contributed by atoms with Gasteiger partial charge in [-0.1, -0.05) is 0 Å².